The Kier molecular flexibility index (Phi) is 5.90. The van der Waals surface area contributed by atoms with Crippen LogP contribution in [0.25, 0.3) is 11.3 Å². The van der Waals surface area contributed by atoms with Crippen LogP contribution >= 0.6 is 0 Å². The molecule has 2 fully saturated rings. The van der Waals surface area contributed by atoms with Crippen LogP contribution in [0.2, 0.25) is 0 Å². The summed E-state index contributed by atoms with van der Waals surface area (Å²) in [6.45, 7) is 0.131. The Morgan fingerprint density at radius 2 is 2.00 bits per heavy atom. The Morgan fingerprint density at radius 3 is 2.73 bits per heavy atom. The molecule has 6 atom stereocenters. The molecule has 10 heteroatoms. The van der Waals surface area contributed by atoms with Crippen molar-refractivity contribution in [2.24, 2.45) is 0 Å². The zero-order valence-corrected chi connectivity index (χ0v) is 17.7. The first-order valence-electron chi connectivity index (χ1n) is 10.5. The van der Waals surface area contributed by atoms with Crippen LogP contribution in [0, 0.1) is 5.82 Å². The molecule has 0 bridgehead atoms. The molecule has 2 aliphatic rings. The van der Waals surface area contributed by atoms with Crippen LogP contribution in [-0.2, 0) is 23.7 Å². The highest BCUT2D eigenvalue weighted by atomic mass is 19.1. The number of aliphatic carboxylic acids is 1. The number of hydrogen-bond acceptors (Lipinski definition) is 7. The van der Waals surface area contributed by atoms with Crippen molar-refractivity contribution in [3.8, 4) is 11.3 Å². The lowest BCUT2D eigenvalue weighted by Gasteiger charge is -2.48. The van der Waals surface area contributed by atoms with E-state index in [4.69, 9.17) is 18.9 Å². The van der Waals surface area contributed by atoms with Gasteiger partial charge in [-0.05, 0) is 12.1 Å². The summed E-state index contributed by atoms with van der Waals surface area (Å²) in [4.78, 5) is 12.0. The number of nitrogens with zero attached hydrogens (tertiary/aromatic N) is 3. The highest BCUT2D eigenvalue weighted by Crippen LogP contribution is 2.40. The van der Waals surface area contributed by atoms with Gasteiger partial charge in [0, 0.05) is 18.2 Å². The van der Waals surface area contributed by atoms with Crippen molar-refractivity contribution < 1.29 is 33.2 Å². The molecule has 3 aromatic rings. The number of rotatable bonds is 5. The summed E-state index contributed by atoms with van der Waals surface area (Å²) in [5, 5.41) is 18.2. The lowest BCUT2D eigenvalue weighted by atomic mass is 9.91. The molecule has 3 heterocycles. The summed E-state index contributed by atoms with van der Waals surface area (Å²) in [5.74, 6) is -1.56. The highest BCUT2D eigenvalue weighted by Gasteiger charge is 2.53. The molecule has 5 rings (SSSR count). The minimum absolute atomic E-state index is 0.131. The number of aromatic nitrogens is 3. The number of halogens is 1. The number of ether oxygens (including phenoxy) is 4. The van der Waals surface area contributed by atoms with Gasteiger partial charge in [0.2, 0.25) is 0 Å². The van der Waals surface area contributed by atoms with E-state index in [0.29, 0.717) is 11.3 Å². The number of fused-ring (bicyclic) bond motifs is 1. The fourth-order valence-corrected chi connectivity index (χ4v) is 4.35. The summed E-state index contributed by atoms with van der Waals surface area (Å²) < 4.78 is 38.7. The fraction of sp³-hybridized carbons (Fsp3) is 0.348. The van der Waals surface area contributed by atoms with Crippen molar-refractivity contribution >= 4 is 5.97 Å². The van der Waals surface area contributed by atoms with Crippen molar-refractivity contribution in [1.29, 1.82) is 0 Å². The second-order valence-electron chi connectivity index (χ2n) is 7.90. The third-order valence-electron chi connectivity index (χ3n) is 5.88. The largest absolute Gasteiger partial charge is 0.479 e. The van der Waals surface area contributed by atoms with Gasteiger partial charge >= 0.3 is 5.97 Å². The molecule has 0 radical (unpaired) electrons. The molecule has 9 nitrogen and oxygen atoms in total. The standard InChI is InChI=1S/C23H22FN3O6/c1-30-20-18(27-11-16(25-26-27)14-8-5-9-15(24)10-14)19-17(32-21(20)22(28)29)12-31-23(33-19)13-6-3-2-4-7-13/h2-11,17-21,23H,12H2,1H3,(H,28,29)/t17-,18+,19+,20-,21-,23+/m1/s1. The lowest BCUT2D eigenvalue weighted by Crippen LogP contribution is -2.61. The second-order valence-corrected chi connectivity index (χ2v) is 7.90. The highest BCUT2D eigenvalue weighted by molar-refractivity contribution is 5.73. The Labute approximate surface area is 188 Å². The minimum atomic E-state index is -1.26. The van der Waals surface area contributed by atoms with Crippen molar-refractivity contribution in [3.63, 3.8) is 0 Å². The van der Waals surface area contributed by atoms with Crippen molar-refractivity contribution in [1.82, 2.24) is 15.0 Å². The van der Waals surface area contributed by atoms with Gasteiger partial charge in [-0.25, -0.2) is 13.9 Å². The lowest BCUT2D eigenvalue weighted by molar-refractivity contribution is -0.316. The summed E-state index contributed by atoms with van der Waals surface area (Å²) in [7, 11) is 1.41. The number of carbonyl (C=O) groups is 1. The number of carboxylic acid groups (broad SMARTS) is 1. The van der Waals surface area contributed by atoms with Gasteiger partial charge in [-0.3, -0.25) is 0 Å². The molecule has 0 unspecified atom stereocenters. The van der Waals surface area contributed by atoms with Crippen molar-refractivity contribution in [3.05, 3.63) is 72.2 Å². The molecule has 33 heavy (non-hydrogen) atoms. The van der Waals surface area contributed by atoms with E-state index in [-0.39, 0.29) is 6.61 Å². The number of benzene rings is 2. The molecule has 2 aromatic carbocycles. The van der Waals surface area contributed by atoms with Gasteiger partial charge in [-0.15, -0.1) is 5.10 Å². The first-order chi connectivity index (χ1) is 16.0. The van der Waals surface area contributed by atoms with Gasteiger partial charge in [0.05, 0.1) is 12.8 Å². The van der Waals surface area contributed by atoms with Crippen LogP contribution in [0.5, 0.6) is 0 Å². The normalized spacial score (nSPS) is 29.4. The van der Waals surface area contributed by atoms with E-state index in [2.05, 4.69) is 10.3 Å². The van der Waals surface area contributed by atoms with Gasteiger partial charge in [0.25, 0.3) is 0 Å². The molecule has 0 aliphatic carbocycles. The first kappa shape index (κ1) is 21.7. The van der Waals surface area contributed by atoms with Gasteiger partial charge in [0.1, 0.15) is 35.9 Å². The van der Waals surface area contributed by atoms with E-state index in [1.54, 1.807) is 18.3 Å². The predicted molar refractivity (Wildman–Crippen MR) is 112 cm³/mol. The zero-order chi connectivity index (χ0) is 22.9. The van der Waals surface area contributed by atoms with E-state index in [0.717, 1.165) is 5.56 Å². The van der Waals surface area contributed by atoms with E-state index in [1.807, 2.05) is 30.3 Å². The van der Waals surface area contributed by atoms with Crippen molar-refractivity contribution in [2.45, 2.75) is 36.7 Å². The van der Waals surface area contributed by atoms with E-state index >= 15 is 0 Å². The van der Waals surface area contributed by atoms with Crippen LogP contribution in [0.1, 0.15) is 17.9 Å². The Balaban J connectivity index is 1.51. The zero-order valence-electron chi connectivity index (χ0n) is 17.7. The fourth-order valence-electron chi connectivity index (χ4n) is 4.35. The molecular formula is C23H22FN3O6. The molecule has 2 aliphatic heterocycles. The Morgan fingerprint density at radius 1 is 1.18 bits per heavy atom. The van der Waals surface area contributed by atoms with Gasteiger partial charge < -0.3 is 24.1 Å². The Bertz CT molecular complexity index is 1130. The van der Waals surface area contributed by atoms with E-state index in [1.165, 1.54) is 23.9 Å². The summed E-state index contributed by atoms with van der Waals surface area (Å²) >= 11 is 0. The van der Waals surface area contributed by atoms with E-state index < -0.39 is 48.5 Å². The maximum Gasteiger partial charge on any atom is 0.335 e. The summed E-state index contributed by atoms with van der Waals surface area (Å²) in [5.41, 5.74) is 1.80. The SMILES string of the molecule is CO[C@@H]1[C@@H](n2cc(-c3cccc(F)c3)nn2)[C@H]2O[C@@H](c3ccccc3)OC[C@H]2O[C@H]1C(=O)O. The van der Waals surface area contributed by atoms with Crippen LogP contribution in [0.3, 0.4) is 0 Å². The second kappa shape index (κ2) is 8.99. The molecule has 2 saturated heterocycles. The average Bonchev–Trinajstić information content (AvgIpc) is 3.33. The van der Waals surface area contributed by atoms with Crippen LogP contribution < -0.4 is 0 Å². The van der Waals surface area contributed by atoms with Crippen LogP contribution in [0.15, 0.2) is 60.8 Å². The maximum absolute atomic E-state index is 13.7. The molecule has 0 spiro atoms. The quantitative estimate of drug-likeness (QED) is 0.626. The van der Waals surface area contributed by atoms with Crippen LogP contribution in [0.4, 0.5) is 4.39 Å². The van der Waals surface area contributed by atoms with Gasteiger partial charge in [-0.2, -0.15) is 0 Å². The first-order valence-corrected chi connectivity index (χ1v) is 10.5. The van der Waals surface area contributed by atoms with Crippen LogP contribution in [-0.4, -0.2) is 64.2 Å². The monoisotopic (exact) mass is 455 g/mol. The van der Waals surface area contributed by atoms with Gasteiger partial charge in [-0.1, -0.05) is 47.7 Å². The minimum Gasteiger partial charge on any atom is -0.479 e. The molecule has 0 amide bonds. The third-order valence-corrected chi connectivity index (χ3v) is 5.88. The maximum atomic E-state index is 13.7. The number of carboxylic acids is 1. The third kappa shape index (κ3) is 4.13. The molecule has 0 saturated carbocycles. The number of hydrogen-bond donors (Lipinski definition) is 1. The molecular weight excluding hydrogens is 433 g/mol. The van der Waals surface area contributed by atoms with Crippen molar-refractivity contribution in [2.75, 3.05) is 13.7 Å². The summed E-state index contributed by atoms with van der Waals surface area (Å²) in [6, 6.07) is 14.7. The molecule has 1 N–H and O–H groups in total. The van der Waals surface area contributed by atoms with Gasteiger partial charge in [0.15, 0.2) is 12.4 Å². The molecule has 1 aromatic heterocycles. The average molecular weight is 455 g/mol. The molecule has 172 valence electrons. The smallest absolute Gasteiger partial charge is 0.335 e. The predicted octanol–water partition coefficient (Wildman–Crippen LogP) is 2.61. The number of methoxy groups -OCH3 is 1. The topological polar surface area (TPSA) is 105 Å². The Hall–Kier alpha value is -3.18. The summed E-state index contributed by atoms with van der Waals surface area (Å²) in [6.07, 6.45) is -2.51. The van der Waals surface area contributed by atoms with E-state index in [9.17, 15) is 14.3 Å².